The molecular formula is C10H18N2O3. The molecule has 1 fully saturated rings. The molecule has 2 amide bonds. The van der Waals surface area contributed by atoms with Crippen molar-refractivity contribution in [3.8, 4) is 0 Å². The summed E-state index contributed by atoms with van der Waals surface area (Å²) in [7, 11) is 1.49. The van der Waals surface area contributed by atoms with Gasteiger partial charge < -0.3 is 15.3 Å². The largest absolute Gasteiger partial charge is 0.480 e. The number of amides is 2. The maximum Gasteiger partial charge on any atom is 0.323 e. The van der Waals surface area contributed by atoms with Crippen LogP contribution in [0.5, 0.6) is 0 Å². The van der Waals surface area contributed by atoms with Gasteiger partial charge in [-0.3, -0.25) is 4.79 Å². The highest BCUT2D eigenvalue weighted by molar-refractivity contribution is 5.80. The minimum atomic E-state index is -0.993. The van der Waals surface area contributed by atoms with Crippen LogP contribution in [0.1, 0.15) is 26.2 Å². The maximum atomic E-state index is 11.5. The van der Waals surface area contributed by atoms with Crippen molar-refractivity contribution in [3.05, 3.63) is 0 Å². The second-order valence-electron chi connectivity index (χ2n) is 4.21. The fourth-order valence-electron chi connectivity index (χ4n) is 1.90. The average molecular weight is 214 g/mol. The number of likely N-dealkylation sites (N-methyl/N-ethyl adjacent to an activating group) is 1. The lowest BCUT2D eigenvalue weighted by Gasteiger charge is -2.22. The zero-order chi connectivity index (χ0) is 11.4. The lowest BCUT2D eigenvalue weighted by atomic mass is 10.1. The van der Waals surface area contributed by atoms with Crippen LogP contribution >= 0.6 is 0 Å². The summed E-state index contributed by atoms with van der Waals surface area (Å²) in [5, 5.41) is 11.4. The maximum absolute atomic E-state index is 11.5. The summed E-state index contributed by atoms with van der Waals surface area (Å²) >= 11 is 0. The molecule has 1 aliphatic carbocycles. The van der Waals surface area contributed by atoms with E-state index >= 15 is 0 Å². The molecule has 0 saturated heterocycles. The number of carboxylic acids is 1. The summed E-state index contributed by atoms with van der Waals surface area (Å²) in [6, 6.07) is -0.0927. The van der Waals surface area contributed by atoms with Crippen LogP contribution in [0, 0.1) is 5.92 Å². The summed E-state index contributed by atoms with van der Waals surface area (Å²) < 4.78 is 0. The van der Waals surface area contributed by atoms with E-state index in [0.29, 0.717) is 5.92 Å². The summed E-state index contributed by atoms with van der Waals surface area (Å²) in [6.07, 6.45) is 3.26. The number of hydrogen-bond acceptors (Lipinski definition) is 2. The van der Waals surface area contributed by atoms with Crippen molar-refractivity contribution in [2.75, 3.05) is 13.6 Å². The van der Waals surface area contributed by atoms with Crippen LogP contribution in [0.25, 0.3) is 0 Å². The third-order valence-electron chi connectivity index (χ3n) is 2.89. The van der Waals surface area contributed by atoms with Gasteiger partial charge in [-0.05, 0) is 18.8 Å². The quantitative estimate of drug-likeness (QED) is 0.733. The van der Waals surface area contributed by atoms with Gasteiger partial charge in [0.2, 0.25) is 0 Å². The number of aliphatic carboxylic acids is 1. The molecule has 15 heavy (non-hydrogen) atoms. The molecule has 1 aliphatic rings. The van der Waals surface area contributed by atoms with E-state index in [0.717, 1.165) is 19.3 Å². The molecule has 0 aromatic heterocycles. The van der Waals surface area contributed by atoms with E-state index in [2.05, 4.69) is 12.2 Å². The van der Waals surface area contributed by atoms with Crippen LogP contribution in [-0.4, -0.2) is 41.6 Å². The predicted octanol–water partition coefficient (Wildman–Crippen LogP) is 0.901. The van der Waals surface area contributed by atoms with Crippen LogP contribution in [0.15, 0.2) is 0 Å². The standard InChI is InChI=1S/C10H18N2O3/c1-7-4-3-5-8(7)11-10(15)12(2)6-9(13)14/h7-8H,3-6H2,1-2H3,(H,11,15)(H,13,14). The Bertz CT molecular complexity index is 255. The summed E-state index contributed by atoms with van der Waals surface area (Å²) in [4.78, 5) is 23.1. The first-order valence-electron chi connectivity index (χ1n) is 5.24. The van der Waals surface area contributed by atoms with E-state index in [4.69, 9.17) is 5.11 Å². The van der Waals surface area contributed by atoms with E-state index in [9.17, 15) is 9.59 Å². The molecule has 0 aliphatic heterocycles. The molecule has 5 nitrogen and oxygen atoms in total. The third-order valence-corrected chi connectivity index (χ3v) is 2.89. The van der Waals surface area contributed by atoms with Gasteiger partial charge in [-0.25, -0.2) is 4.79 Å². The Morgan fingerprint density at radius 3 is 2.60 bits per heavy atom. The van der Waals surface area contributed by atoms with Crippen LogP contribution < -0.4 is 5.32 Å². The third kappa shape index (κ3) is 3.42. The van der Waals surface area contributed by atoms with E-state index in [1.807, 2.05) is 0 Å². The molecular weight excluding hydrogens is 196 g/mol. The fraction of sp³-hybridized carbons (Fsp3) is 0.800. The van der Waals surface area contributed by atoms with E-state index < -0.39 is 5.97 Å². The van der Waals surface area contributed by atoms with Crippen molar-refractivity contribution in [1.29, 1.82) is 0 Å². The van der Waals surface area contributed by atoms with Crippen LogP contribution in [0.3, 0.4) is 0 Å². The van der Waals surface area contributed by atoms with Gasteiger partial charge in [0.1, 0.15) is 6.54 Å². The minimum Gasteiger partial charge on any atom is -0.480 e. The zero-order valence-electron chi connectivity index (χ0n) is 9.19. The van der Waals surface area contributed by atoms with Crippen molar-refractivity contribution in [2.45, 2.75) is 32.2 Å². The number of nitrogens with zero attached hydrogens (tertiary/aromatic N) is 1. The molecule has 86 valence electrons. The normalized spacial score (nSPS) is 24.9. The van der Waals surface area contributed by atoms with Gasteiger partial charge >= 0.3 is 12.0 Å². The van der Waals surface area contributed by atoms with Crippen molar-refractivity contribution in [2.24, 2.45) is 5.92 Å². The lowest BCUT2D eigenvalue weighted by molar-refractivity contribution is -0.137. The Kier molecular flexibility index (Phi) is 3.94. The van der Waals surface area contributed by atoms with Crippen molar-refractivity contribution >= 4 is 12.0 Å². The van der Waals surface area contributed by atoms with Gasteiger partial charge in [-0.2, -0.15) is 0 Å². The number of carbonyl (C=O) groups excluding carboxylic acids is 1. The molecule has 1 saturated carbocycles. The number of rotatable bonds is 3. The Hall–Kier alpha value is -1.26. The van der Waals surface area contributed by atoms with Gasteiger partial charge in [0.05, 0.1) is 0 Å². The molecule has 0 spiro atoms. The first-order chi connectivity index (χ1) is 7.00. The SMILES string of the molecule is CC1CCCC1NC(=O)N(C)CC(=O)O. The second kappa shape index (κ2) is 5.00. The first-order valence-corrected chi connectivity index (χ1v) is 5.24. The number of nitrogens with one attached hydrogen (secondary N) is 1. The highest BCUT2D eigenvalue weighted by Crippen LogP contribution is 2.24. The molecule has 0 radical (unpaired) electrons. The highest BCUT2D eigenvalue weighted by Gasteiger charge is 2.26. The molecule has 0 aromatic rings. The number of carbonyl (C=O) groups is 2. The topological polar surface area (TPSA) is 69.6 Å². The van der Waals surface area contributed by atoms with E-state index in [-0.39, 0.29) is 18.6 Å². The molecule has 0 heterocycles. The van der Waals surface area contributed by atoms with Crippen molar-refractivity contribution in [1.82, 2.24) is 10.2 Å². The number of hydrogen-bond donors (Lipinski definition) is 2. The molecule has 2 unspecified atom stereocenters. The van der Waals surface area contributed by atoms with Gasteiger partial charge in [0.25, 0.3) is 0 Å². The highest BCUT2D eigenvalue weighted by atomic mass is 16.4. The van der Waals surface area contributed by atoms with E-state index in [1.165, 1.54) is 11.9 Å². The van der Waals surface area contributed by atoms with Crippen molar-refractivity contribution in [3.63, 3.8) is 0 Å². The smallest absolute Gasteiger partial charge is 0.323 e. The van der Waals surface area contributed by atoms with Crippen molar-refractivity contribution < 1.29 is 14.7 Å². The zero-order valence-corrected chi connectivity index (χ0v) is 9.19. The Morgan fingerprint density at radius 1 is 1.47 bits per heavy atom. The monoisotopic (exact) mass is 214 g/mol. The molecule has 2 atom stereocenters. The van der Waals surface area contributed by atoms with E-state index in [1.54, 1.807) is 0 Å². The molecule has 1 rings (SSSR count). The van der Waals surface area contributed by atoms with Gasteiger partial charge in [-0.1, -0.05) is 13.3 Å². The fourth-order valence-corrected chi connectivity index (χ4v) is 1.90. The minimum absolute atomic E-state index is 0.203. The number of carboxylic acid groups (broad SMARTS) is 1. The molecule has 0 bridgehead atoms. The predicted molar refractivity (Wildman–Crippen MR) is 55.6 cm³/mol. The first kappa shape index (κ1) is 11.8. The van der Waals surface area contributed by atoms with Gasteiger partial charge in [0.15, 0.2) is 0 Å². The second-order valence-corrected chi connectivity index (χ2v) is 4.21. The Morgan fingerprint density at radius 2 is 2.13 bits per heavy atom. The summed E-state index contributed by atoms with van der Waals surface area (Å²) in [5.74, 6) is -0.501. The Labute approximate surface area is 89.4 Å². The van der Waals surface area contributed by atoms with Gasteiger partial charge in [0, 0.05) is 13.1 Å². The van der Waals surface area contributed by atoms with Crippen LogP contribution in [0.4, 0.5) is 4.79 Å². The molecule has 0 aromatic carbocycles. The Balaban J connectivity index is 2.37. The average Bonchev–Trinajstić information content (AvgIpc) is 2.50. The number of urea groups is 1. The molecule has 2 N–H and O–H groups in total. The lowest BCUT2D eigenvalue weighted by Crippen LogP contribution is -2.45. The van der Waals surface area contributed by atoms with Crippen LogP contribution in [0.2, 0.25) is 0 Å². The van der Waals surface area contributed by atoms with Crippen LogP contribution in [-0.2, 0) is 4.79 Å². The molecule has 5 heteroatoms. The van der Waals surface area contributed by atoms with Gasteiger partial charge in [-0.15, -0.1) is 0 Å². The summed E-state index contributed by atoms with van der Waals surface area (Å²) in [6.45, 7) is 1.85. The summed E-state index contributed by atoms with van der Waals surface area (Å²) in [5.41, 5.74) is 0.